The Morgan fingerprint density at radius 1 is 1.36 bits per heavy atom. The highest BCUT2D eigenvalue weighted by Gasteiger charge is 2.17. The molecule has 1 aromatic carbocycles. The number of hydrogen-bond donors (Lipinski definition) is 2. The molecule has 0 bridgehead atoms. The van der Waals surface area contributed by atoms with Crippen LogP contribution < -0.4 is 10.2 Å². The number of hydrogen-bond acceptors (Lipinski definition) is 4. The van der Waals surface area contributed by atoms with Crippen LogP contribution >= 0.6 is 0 Å². The van der Waals surface area contributed by atoms with Crippen molar-refractivity contribution in [1.82, 2.24) is 19.8 Å². The van der Waals surface area contributed by atoms with E-state index in [1.807, 2.05) is 55.2 Å². The van der Waals surface area contributed by atoms with Crippen molar-refractivity contribution in [3.8, 4) is 0 Å². The zero-order chi connectivity index (χ0) is 18.2. The standard InChI is InChI=1S/C18H27N5O2/c1-15(22(3)16-7-5-4-6-8-16)13-20-18(25)23(11-12-24)14-17-19-9-10-21(17)2/h4-10,15,24H,11-14H2,1-3H3,(H,20,25)/t15-/m1/s1. The minimum atomic E-state index is -0.203. The van der Waals surface area contributed by atoms with Crippen LogP contribution in [0.2, 0.25) is 0 Å². The fraction of sp³-hybridized carbons (Fsp3) is 0.444. The summed E-state index contributed by atoms with van der Waals surface area (Å²) in [7, 11) is 3.89. The molecule has 2 rings (SSSR count). The number of aliphatic hydroxyl groups excluding tert-OH is 1. The molecule has 1 heterocycles. The van der Waals surface area contributed by atoms with Crippen LogP contribution in [0.5, 0.6) is 0 Å². The highest BCUT2D eigenvalue weighted by molar-refractivity contribution is 5.74. The Morgan fingerprint density at radius 3 is 2.68 bits per heavy atom. The minimum absolute atomic E-state index is 0.0860. The number of imidazole rings is 1. The highest BCUT2D eigenvalue weighted by atomic mass is 16.3. The summed E-state index contributed by atoms with van der Waals surface area (Å²) in [5, 5.41) is 12.2. The molecule has 0 fully saturated rings. The number of anilines is 1. The quantitative estimate of drug-likeness (QED) is 0.759. The van der Waals surface area contributed by atoms with Gasteiger partial charge in [0.2, 0.25) is 0 Å². The molecule has 7 nitrogen and oxygen atoms in total. The van der Waals surface area contributed by atoms with Crippen molar-refractivity contribution in [2.75, 3.05) is 31.6 Å². The zero-order valence-corrected chi connectivity index (χ0v) is 15.1. The maximum Gasteiger partial charge on any atom is 0.317 e. The van der Waals surface area contributed by atoms with Gasteiger partial charge in [-0.3, -0.25) is 0 Å². The number of carbonyl (C=O) groups excluding carboxylic acids is 1. The van der Waals surface area contributed by atoms with Crippen molar-refractivity contribution < 1.29 is 9.90 Å². The number of aliphatic hydroxyl groups is 1. The first kappa shape index (κ1) is 18.8. The highest BCUT2D eigenvalue weighted by Crippen LogP contribution is 2.13. The second-order valence-corrected chi connectivity index (χ2v) is 6.08. The molecule has 136 valence electrons. The van der Waals surface area contributed by atoms with Crippen LogP contribution in [0.15, 0.2) is 42.7 Å². The Morgan fingerprint density at radius 2 is 2.08 bits per heavy atom. The maximum atomic E-state index is 12.5. The van der Waals surface area contributed by atoms with Gasteiger partial charge < -0.3 is 24.8 Å². The summed E-state index contributed by atoms with van der Waals surface area (Å²) in [5.41, 5.74) is 1.10. The van der Waals surface area contributed by atoms with Crippen molar-refractivity contribution in [3.63, 3.8) is 0 Å². The molecule has 0 saturated heterocycles. The average molecular weight is 345 g/mol. The lowest BCUT2D eigenvalue weighted by Crippen LogP contribution is -2.46. The fourth-order valence-corrected chi connectivity index (χ4v) is 2.49. The smallest absolute Gasteiger partial charge is 0.317 e. The maximum absolute atomic E-state index is 12.5. The first-order valence-electron chi connectivity index (χ1n) is 8.40. The van der Waals surface area contributed by atoms with Crippen LogP contribution in [-0.4, -0.2) is 58.4 Å². The van der Waals surface area contributed by atoms with Gasteiger partial charge in [0.15, 0.2) is 0 Å². The molecule has 0 unspecified atom stereocenters. The van der Waals surface area contributed by atoms with Crippen LogP contribution in [-0.2, 0) is 13.6 Å². The number of para-hydroxylation sites is 1. The monoisotopic (exact) mass is 345 g/mol. The third-order valence-corrected chi connectivity index (χ3v) is 4.28. The fourth-order valence-electron chi connectivity index (χ4n) is 2.49. The number of urea groups is 1. The van der Waals surface area contributed by atoms with E-state index in [0.29, 0.717) is 13.1 Å². The van der Waals surface area contributed by atoms with Gasteiger partial charge in [-0.1, -0.05) is 18.2 Å². The number of carbonyl (C=O) groups is 1. The Bertz CT molecular complexity index is 658. The molecule has 0 aliphatic carbocycles. The molecular weight excluding hydrogens is 318 g/mol. The van der Waals surface area contributed by atoms with Crippen LogP contribution in [0.4, 0.5) is 10.5 Å². The second kappa shape index (κ2) is 9.08. The Kier molecular flexibility index (Phi) is 6.82. The molecule has 2 aromatic rings. The average Bonchev–Trinajstić information content (AvgIpc) is 3.03. The van der Waals surface area contributed by atoms with Gasteiger partial charge in [-0.2, -0.15) is 0 Å². The molecule has 1 aromatic heterocycles. The van der Waals surface area contributed by atoms with E-state index < -0.39 is 0 Å². The summed E-state index contributed by atoms with van der Waals surface area (Å²) in [6.45, 7) is 3.10. The van der Waals surface area contributed by atoms with Gasteiger partial charge in [-0.15, -0.1) is 0 Å². The number of aryl methyl sites for hydroxylation is 1. The predicted molar refractivity (Wildman–Crippen MR) is 98.4 cm³/mol. The van der Waals surface area contributed by atoms with Gasteiger partial charge in [0.25, 0.3) is 0 Å². The summed E-state index contributed by atoms with van der Waals surface area (Å²) in [6.07, 6.45) is 3.53. The molecule has 0 aliphatic rings. The lowest BCUT2D eigenvalue weighted by molar-refractivity contribution is 0.171. The molecule has 2 N–H and O–H groups in total. The topological polar surface area (TPSA) is 73.6 Å². The number of nitrogens with one attached hydrogen (secondary N) is 1. The molecule has 0 spiro atoms. The predicted octanol–water partition coefficient (Wildman–Crippen LogP) is 1.45. The number of likely N-dealkylation sites (N-methyl/N-ethyl adjacent to an activating group) is 1. The van der Waals surface area contributed by atoms with Crippen molar-refractivity contribution >= 4 is 11.7 Å². The molecule has 0 aliphatic heterocycles. The van der Waals surface area contributed by atoms with Crippen LogP contribution in [0.25, 0.3) is 0 Å². The molecule has 1 atom stereocenters. The van der Waals surface area contributed by atoms with Gasteiger partial charge in [-0.25, -0.2) is 9.78 Å². The number of rotatable bonds is 8. The second-order valence-electron chi connectivity index (χ2n) is 6.08. The van der Waals surface area contributed by atoms with Gasteiger partial charge >= 0.3 is 6.03 Å². The SMILES string of the molecule is C[C@H](CNC(=O)N(CCO)Cc1nccn1C)N(C)c1ccccc1. The molecule has 0 radical (unpaired) electrons. The van der Waals surface area contributed by atoms with Crippen LogP contribution in [0, 0.1) is 0 Å². The van der Waals surface area contributed by atoms with Crippen molar-refractivity contribution in [3.05, 3.63) is 48.5 Å². The largest absolute Gasteiger partial charge is 0.395 e. The summed E-state index contributed by atoms with van der Waals surface area (Å²) in [6, 6.07) is 9.98. The Hall–Kier alpha value is -2.54. The van der Waals surface area contributed by atoms with Crippen molar-refractivity contribution in [1.29, 1.82) is 0 Å². The summed E-state index contributed by atoms with van der Waals surface area (Å²) < 4.78 is 1.86. The Labute approximate surface area is 148 Å². The lowest BCUT2D eigenvalue weighted by Gasteiger charge is -2.29. The first-order chi connectivity index (χ1) is 12.0. The van der Waals surface area contributed by atoms with Gasteiger partial charge in [-0.05, 0) is 19.1 Å². The van der Waals surface area contributed by atoms with Crippen molar-refractivity contribution in [2.24, 2.45) is 7.05 Å². The van der Waals surface area contributed by atoms with E-state index in [1.54, 1.807) is 11.1 Å². The number of amides is 2. The summed E-state index contributed by atoms with van der Waals surface area (Å²) >= 11 is 0. The number of nitrogens with zero attached hydrogens (tertiary/aromatic N) is 4. The molecule has 25 heavy (non-hydrogen) atoms. The summed E-state index contributed by atoms with van der Waals surface area (Å²) in [4.78, 5) is 20.4. The molecule has 7 heteroatoms. The van der Waals surface area contributed by atoms with Gasteiger partial charge in [0.1, 0.15) is 5.82 Å². The van der Waals surface area contributed by atoms with Crippen molar-refractivity contribution in [2.45, 2.75) is 19.5 Å². The number of aromatic nitrogens is 2. The van der Waals surface area contributed by atoms with E-state index >= 15 is 0 Å². The van der Waals surface area contributed by atoms with Gasteiger partial charge in [0.05, 0.1) is 13.2 Å². The van der Waals surface area contributed by atoms with E-state index in [1.165, 1.54) is 0 Å². The van der Waals surface area contributed by atoms with E-state index in [-0.39, 0.29) is 25.2 Å². The summed E-state index contributed by atoms with van der Waals surface area (Å²) in [5.74, 6) is 0.776. The van der Waals surface area contributed by atoms with E-state index in [2.05, 4.69) is 22.1 Å². The normalized spacial score (nSPS) is 11.8. The third kappa shape index (κ3) is 5.22. The molecule has 0 saturated carbocycles. The van der Waals surface area contributed by atoms with E-state index in [4.69, 9.17) is 0 Å². The lowest BCUT2D eigenvalue weighted by atomic mass is 10.2. The van der Waals surface area contributed by atoms with E-state index in [0.717, 1.165) is 11.5 Å². The molecular formula is C18H27N5O2. The number of benzene rings is 1. The third-order valence-electron chi connectivity index (χ3n) is 4.28. The zero-order valence-electron chi connectivity index (χ0n) is 15.1. The first-order valence-corrected chi connectivity index (χ1v) is 8.40. The Balaban J connectivity index is 1.90. The van der Waals surface area contributed by atoms with Crippen LogP contribution in [0.3, 0.4) is 0 Å². The van der Waals surface area contributed by atoms with Gasteiger partial charge in [0, 0.05) is 51.3 Å². The van der Waals surface area contributed by atoms with E-state index in [9.17, 15) is 9.90 Å². The molecule has 2 amide bonds. The minimum Gasteiger partial charge on any atom is -0.395 e. The van der Waals surface area contributed by atoms with Crippen LogP contribution in [0.1, 0.15) is 12.7 Å².